The SMILES string of the molecule is CCCC(C)CC(O)C1(N2CCCCC2)CCCC1. The molecule has 0 radical (unpaired) electrons. The van der Waals surface area contributed by atoms with Crippen molar-refractivity contribution < 1.29 is 5.11 Å². The number of hydrogen-bond acceptors (Lipinski definition) is 2. The normalized spacial score (nSPS) is 27.3. The minimum atomic E-state index is -0.102. The van der Waals surface area contributed by atoms with Crippen molar-refractivity contribution in [1.29, 1.82) is 0 Å². The van der Waals surface area contributed by atoms with Crippen LogP contribution in [0.15, 0.2) is 0 Å². The quantitative estimate of drug-likeness (QED) is 0.787. The molecule has 0 bridgehead atoms. The molecule has 2 nitrogen and oxygen atoms in total. The zero-order chi connectivity index (χ0) is 13.7. The minimum Gasteiger partial charge on any atom is -0.391 e. The third kappa shape index (κ3) is 3.52. The van der Waals surface area contributed by atoms with Gasteiger partial charge in [-0.1, -0.05) is 46.0 Å². The van der Waals surface area contributed by atoms with Crippen LogP contribution in [0.3, 0.4) is 0 Å². The van der Waals surface area contributed by atoms with E-state index in [1.54, 1.807) is 0 Å². The number of rotatable bonds is 6. The van der Waals surface area contributed by atoms with E-state index in [4.69, 9.17) is 0 Å². The average Bonchev–Trinajstić information content (AvgIpc) is 2.90. The van der Waals surface area contributed by atoms with Gasteiger partial charge in [-0.05, 0) is 51.1 Å². The van der Waals surface area contributed by atoms with Gasteiger partial charge in [0.2, 0.25) is 0 Å². The van der Waals surface area contributed by atoms with E-state index in [0.717, 1.165) is 6.42 Å². The van der Waals surface area contributed by atoms with E-state index >= 15 is 0 Å². The summed E-state index contributed by atoms with van der Waals surface area (Å²) in [6, 6.07) is 0. The predicted molar refractivity (Wildman–Crippen MR) is 81.3 cm³/mol. The molecule has 1 saturated heterocycles. The molecule has 1 N–H and O–H groups in total. The molecule has 1 aliphatic carbocycles. The number of piperidine rings is 1. The number of aliphatic hydroxyl groups is 1. The van der Waals surface area contributed by atoms with E-state index in [1.165, 1.54) is 70.9 Å². The summed E-state index contributed by atoms with van der Waals surface area (Å²) >= 11 is 0. The highest BCUT2D eigenvalue weighted by Crippen LogP contribution is 2.41. The van der Waals surface area contributed by atoms with Gasteiger partial charge in [-0.3, -0.25) is 4.90 Å². The van der Waals surface area contributed by atoms with Crippen LogP contribution in [0.1, 0.15) is 78.1 Å². The van der Waals surface area contributed by atoms with Crippen LogP contribution in [0.5, 0.6) is 0 Å². The predicted octanol–water partition coefficient (Wildman–Crippen LogP) is 3.97. The Morgan fingerprint density at radius 3 is 2.26 bits per heavy atom. The third-order valence-corrected chi connectivity index (χ3v) is 5.48. The van der Waals surface area contributed by atoms with Crippen LogP contribution in [-0.2, 0) is 0 Å². The molecule has 2 unspecified atom stereocenters. The molecule has 1 saturated carbocycles. The monoisotopic (exact) mass is 267 g/mol. The average molecular weight is 267 g/mol. The Morgan fingerprint density at radius 2 is 1.68 bits per heavy atom. The van der Waals surface area contributed by atoms with Gasteiger partial charge in [-0.2, -0.15) is 0 Å². The van der Waals surface area contributed by atoms with Gasteiger partial charge in [-0.25, -0.2) is 0 Å². The van der Waals surface area contributed by atoms with Crippen molar-refractivity contribution in [2.45, 2.75) is 89.7 Å². The first-order chi connectivity index (χ1) is 9.19. The van der Waals surface area contributed by atoms with E-state index in [0.29, 0.717) is 5.92 Å². The standard InChI is InChI=1S/C17H33NO/c1-3-9-15(2)14-16(19)17(10-5-6-11-17)18-12-7-4-8-13-18/h15-16,19H,3-14H2,1-2H3. The number of likely N-dealkylation sites (tertiary alicyclic amines) is 1. The van der Waals surface area contributed by atoms with Gasteiger partial charge in [0.15, 0.2) is 0 Å². The highest BCUT2D eigenvalue weighted by Gasteiger charge is 2.45. The Bertz CT molecular complexity index is 254. The lowest BCUT2D eigenvalue weighted by Gasteiger charge is -2.47. The minimum absolute atomic E-state index is 0.102. The summed E-state index contributed by atoms with van der Waals surface area (Å²) < 4.78 is 0. The second-order valence-corrected chi connectivity index (χ2v) is 7.00. The first-order valence-corrected chi connectivity index (χ1v) is 8.62. The van der Waals surface area contributed by atoms with Gasteiger partial charge < -0.3 is 5.11 Å². The van der Waals surface area contributed by atoms with Crippen molar-refractivity contribution in [1.82, 2.24) is 4.90 Å². The second-order valence-electron chi connectivity index (χ2n) is 7.00. The molecular formula is C17H33NO. The summed E-state index contributed by atoms with van der Waals surface area (Å²) in [6.45, 7) is 7.00. The lowest BCUT2D eigenvalue weighted by molar-refractivity contribution is -0.0483. The van der Waals surface area contributed by atoms with Gasteiger partial charge in [-0.15, -0.1) is 0 Å². The van der Waals surface area contributed by atoms with Crippen molar-refractivity contribution >= 4 is 0 Å². The van der Waals surface area contributed by atoms with E-state index < -0.39 is 0 Å². The summed E-state index contributed by atoms with van der Waals surface area (Å²) in [5.74, 6) is 0.669. The molecule has 112 valence electrons. The zero-order valence-corrected chi connectivity index (χ0v) is 13.0. The maximum atomic E-state index is 10.9. The first kappa shape index (κ1) is 15.3. The zero-order valence-electron chi connectivity index (χ0n) is 13.0. The molecule has 19 heavy (non-hydrogen) atoms. The fourth-order valence-corrected chi connectivity index (χ4v) is 4.40. The van der Waals surface area contributed by atoms with Crippen LogP contribution in [0, 0.1) is 5.92 Å². The molecule has 2 atom stereocenters. The van der Waals surface area contributed by atoms with Crippen molar-refractivity contribution in [2.75, 3.05) is 13.1 Å². The van der Waals surface area contributed by atoms with Crippen LogP contribution >= 0.6 is 0 Å². The topological polar surface area (TPSA) is 23.5 Å². The first-order valence-electron chi connectivity index (χ1n) is 8.62. The Hall–Kier alpha value is -0.0800. The van der Waals surface area contributed by atoms with Crippen molar-refractivity contribution in [3.63, 3.8) is 0 Å². The summed E-state index contributed by atoms with van der Waals surface area (Å²) in [5, 5.41) is 10.9. The van der Waals surface area contributed by atoms with E-state index in [-0.39, 0.29) is 11.6 Å². The molecular weight excluding hydrogens is 234 g/mol. The highest BCUT2D eigenvalue weighted by atomic mass is 16.3. The largest absolute Gasteiger partial charge is 0.391 e. The Balaban J connectivity index is 2.01. The van der Waals surface area contributed by atoms with Gasteiger partial charge in [0.1, 0.15) is 0 Å². The van der Waals surface area contributed by atoms with E-state index in [9.17, 15) is 5.11 Å². The molecule has 0 aromatic rings. The van der Waals surface area contributed by atoms with Gasteiger partial charge >= 0.3 is 0 Å². The fourth-order valence-electron chi connectivity index (χ4n) is 4.40. The molecule has 2 fully saturated rings. The fraction of sp³-hybridized carbons (Fsp3) is 1.00. The molecule has 2 aliphatic rings. The van der Waals surface area contributed by atoms with E-state index in [1.807, 2.05) is 0 Å². The Kier molecular flexibility index (Phi) is 5.70. The van der Waals surface area contributed by atoms with Gasteiger partial charge in [0.05, 0.1) is 6.10 Å². The molecule has 0 spiro atoms. The summed E-state index contributed by atoms with van der Waals surface area (Å²) in [6.07, 6.45) is 12.5. The van der Waals surface area contributed by atoms with Crippen molar-refractivity contribution in [3.05, 3.63) is 0 Å². The molecule has 1 heterocycles. The molecule has 1 aliphatic heterocycles. The van der Waals surface area contributed by atoms with Crippen LogP contribution in [0.4, 0.5) is 0 Å². The number of hydrogen-bond donors (Lipinski definition) is 1. The number of nitrogens with zero attached hydrogens (tertiary/aromatic N) is 1. The third-order valence-electron chi connectivity index (χ3n) is 5.48. The van der Waals surface area contributed by atoms with E-state index in [2.05, 4.69) is 18.7 Å². The lowest BCUT2D eigenvalue weighted by Crippen LogP contribution is -2.56. The van der Waals surface area contributed by atoms with Crippen LogP contribution < -0.4 is 0 Å². The summed E-state index contributed by atoms with van der Waals surface area (Å²) in [7, 11) is 0. The lowest BCUT2D eigenvalue weighted by atomic mass is 9.81. The Morgan fingerprint density at radius 1 is 1.05 bits per heavy atom. The smallest absolute Gasteiger partial charge is 0.0726 e. The van der Waals surface area contributed by atoms with Crippen LogP contribution in [0.25, 0.3) is 0 Å². The van der Waals surface area contributed by atoms with Crippen LogP contribution in [0.2, 0.25) is 0 Å². The van der Waals surface area contributed by atoms with Crippen molar-refractivity contribution in [2.24, 2.45) is 5.92 Å². The molecule has 0 amide bonds. The maximum absolute atomic E-state index is 10.9. The Labute approximate surface area is 119 Å². The number of aliphatic hydroxyl groups excluding tert-OH is 1. The molecule has 2 heteroatoms. The maximum Gasteiger partial charge on any atom is 0.0726 e. The molecule has 2 rings (SSSR count). The molecule has 0 aromatic carbocycles. The highest BCUT2D eigenvalue weighted by molar-refractivity contribution is 5.01. The summed E-state index contributed by atoms with van der Waals surface area (Å²) in [4.78, 5) is 2.66. The van der Waals surface area contributed by atoms with Gasteiger partial charge in [0, 0.05) is 5.54 Å². The van der Waals surface area contributed by atoms with Gasteiger partial charge in [0.25, 0.3) is 0 Å². The van der Waals surface area contributed by atoms with Crippen molar-refractivity contribution in [3.8, 4) is 0 Å². The van der Waals surface area contributed by atoms with Crippen LogP contribution in [-0.4, -0.2) is 34.7 Å². The molecule has 0 aromatic heterocycles. The summed E-state index contributed by atoms with van der Waals surface area (Å²) in [5.41, 5.74) is 0.141. The second kappa shape index (κ2) is 7.08.